The lowest BCUT2D eigenvalue weighted by Crippen LogP contribution is -2.40. The second-order valence-corrected chi connectivity index (χ2v) is 6.99. The summed E-state index contributed by atoms with van der Waals surface area (Å²) in [5.41, 5.74) is 0.350. The summed E-state index contributed by atoms with van der Waals surface area (Å²) in [5.74, 6) is -0.0954. The number of rotatable bonds is 3. The Hall–Kier alpha value is -1.59. The highest BCUT2D eigenvalue weighted by Crippen LogP contribution is 2.25. The monoisotopic (exact) mass is 321 g/mol. The molecule has 21 heavy (non-hydrogen) atoms. The van der Waals surface area contributed by atoms with Crippen molar-refractivity contribution in [3.8, 4) is 0 Å². The number of aromatic nitrogens is 2. The van der Waals surface area contributed by atoms with Crippen LogP contribution in [0.1, 0.15) is 31.1 Å². The Morgan fingerprint density at radius 2 is 1.90 bits per heavy atom. The molecule has 2 aromatic rings. The van der Waals surface area contributed by atoms with E-state index in [1.165, 1.54) is 11.8 Å². The van der Waals surface area contributed by atoms with Gasteiger partial charge in [0.05, 0.1) is 17.4 Å². The van der Waals surface area contributed by atoms with E-state index in [9.17, 15) is 4.79 Å². The van der Waals surface area contributed by atoms with E-state index in [1.54, 1.807) is 18.5 Å². The number of amides is 1. The Morgan fingerprint density at radius 1 is 1.24 bits per heavy atom. The fraction of sp³-hybridized carbons (Fsp3) is 0.267. The first-order valence-corrected chi connectivity index (χ1v) is 7.61. The smallest absolute Gasteiger partial charge is 0.251 e. The van der Waals surface area contributed by atoms with Crippen LogP contribution in [0.15, 0.2) is 46.7 Å². The van der Waals surface area contributed by atoms with E-state index < -0.39 is 0 Å². The highest BCUT2D eigenvalue weighted by molar-refractivity contribution is 7.99. The van der Waals surface area contributed by atoms with Crippen molar-refractivity contribution >= 4 is 29.3 Å². The lowest BCUT2D eigenvalue weighted by atomic mass is 10.1. The maximum atomic E-state index is 12.1. The third-order valence-corrected chi connectivity index (χ3v) is 3.47. The average molecular weight is 322 g/mol. The highest BCUT2D eigenvalue weighted by atomic mass is 35.5. The molecule has 2 rings (SSSR count). The second kappa shape index (κ2) is 6.45. The van der Waals surface area contributed by atoms with Gasteiger partial charge in [-0.15, -0.1) is 0 Å². The largest absolute Gasteiger partial charge is 0.347 e. The number of nitrogens with one attached hydrogen (secondary N) is 1. The van der Waals surface area contributed by atoms with Crippen molar-refractivity contribution in [1.82, 2.24) is 15.3 Å². The molecule has 0 saturated carbocycles. The zero-order valence-corrected chi connectivity index (χ0v) is 13.6. The zero-order valence-electron chi connectivity index (χ0n) is 12.1. The van der Waals surface area contributed by atoms with E-state index in [2.05, 4.69) is 15.3 Å². The standard InChI is InChI=1S/C15H16ClN3OS/c1-15(2,3)19-13(20)10-5-4-6-12(7-10)21-14-17-8-11(16)9-18-14/h4-9H,1-3H3,(H,19,20). The van der Waals surface area contributed by atoms with Crippen LogP contribution in [0.2, 0.25) is 5.02 Å². The molecule has 0 aliphatic carbocycles. The zero-order chi connectivity index (χ0) is 15.5. The summed E-state index contributed by atoms with van der Waals surface area (Å²) in [6.45, 7) is 5.85. The molecule has 0 atom stereocenters. The van der Waals surface area contributed by atoms with Gasteiger partial charge in [-0.3, -0.25) is 4.79 Å². The van der Waals surface area contributed by atoms with Crippen molar-refractivity contribution in [2.24, 2.45) is 0 Å². The second-order valence-electron chi connectivity index (χ2n) is 5.52. The summed E-state index contributed by atoms with van der Waals surface area (Å²) in [5, 5.41) is 4.03. The molecule has 1 aromatic heterocycles. The van der Waals surface area contributed by atoms with Crippen LogP contribution in [-0.4, -0.2) is 21.4 Å². The number of hydrogen-bond acceptors (Lipinski definition) is 4. The van der Waals surface area contributed by atoms with Crippen molar-refractivity contribution in [2.75, 3.05) is 0 Å². The molecule has 0 aliphatic heterocycles. The summed E-state index contributed by atoms with van der Waals surface area (Å²) in [4.78, 5) is 21.3. The van der Waals surface area contributed by atoms with E-state index in [0.29, 0.717) is 15.7 Å². The van der Waals surface area contributed by atoms with Gasteiger partial charge in [0.25, 0.3) is 5.91 Å². The van der Waals surface area contributed by atoms with Gasteiger partial charge in [0.2, 0.25) is 0 Å². The Kier molecular flexibility index (Phi) is 4.85. The van der Waals surface area contributed by atoms with E-state index in [0.717, 1.165) is 4.90 Å². The molecule has 110 valence electrons. The predicted octanol–water partition coefficient (Wildman–Crippen LogP) is 3.81. The van der Waals surface area contributed by atoms with Crippen molar-refractivity contribution in [1.29, 1.82) is 0 Å². The first-order valence-electron chi connectivity index (χ1n) is 6.41. The molecule has 0 radical (unpaired) electrons. The van der Waals surface area contributed by atoms with Crippen LogP contribution in [0, 0.1) is 0 Å². The van der Waals surface area contributed by atoms with E-state index in [1.807, 2.05) is 39.0 Å². The maximum absolute atomic E-state index is 12.1. The van der Waals surface area contributed by atoms with Gasteiger partial charge in [-0.2, -0.15) is 0 Å². The number of carbonyl (C=O) groups is 1. The normalized spacial score (nSPS) is 11.2. The summed E-state index contributed by atoms with van der Waals surface area (Å²) in [6, 6.07) is 7.36. The molecule has 4 nitrogen and oxygen atoms in total. The molecular formula is C15H16ClN3OS. The van der Waals surface area contributed by atoms with Crippen molar-refractivity contribution in [2.45, 2.75) is 36.4 Å². The van der Waals surface area contributed by atoms with Crippen LogP contribution in [0.4, 0.5) is 0 Å². The Balaban J connectivity index is 2.14. The summed E-state index contributed by atoms with van der Waals surface area (Å²) in [7, 11) is 0. The van der Waals surface area contributed by atoms with E-state index in [-0.39, 0.29) is 11.4 Å². The molecule has 0 saturated heterocycles. The SMILES string of the molecule is CC(C)(C)NC(=O)c1cccc(Sc2ncc(Cl)cn2)c1. The summed E-state index contributed by atoms with van der Waals surface area (Å²) in [6.07, 6.45) is 3.10. The van der Waals surface area contributed by atoms with Gasteiger partial charge < -0.3 is 5.32 Å². The molecule has 0 unspecified atom stereocenters. The molecule has 1 aromatic carbocycles. The topological polar surface area (TPSA) is 54.9 Å². The Bertz CT molecular complexity index is 638. The van der Waals surface area contributed by atoms with Gasteiger partial charge in [0.1, 0.15) is 0 Å². The minimum Gasteiger partial charge on any atom is -0.347 e. The molecule has 1 N–H and O–H groups in total. The molecule has 6 heteroatoms. The fourth-order valence-electron chi connectivity index (χ4n) is 1.57. The predicted molar refractivity (Wildman–Crippen MR) is 84.8 cm³/mol. The van der Waals surface area contributed by atoms with Crippen LogP contribution in [-0.2, 0) is 0 Å². The molecule has 0 aliphatic rings. The van der Waals surface area contributed by atoms with Gasteiger partial charge in [-0.1, -0.05) is 17.7 Å². The lowest BCUT2D eigenvalue weighted by molar-refractivity contribution is 0.0919. The number of halogens is 1. The first kappa shape index (κ1) is 15.8. The minimum atomic E-state index is -0.264. The highest BCUT2D eigenvalue weighted by Gasteiger charge is 2.15. The average Bonchev–Trinajstić information content (AvgIpc) is 2.40. The van der Waals surface area contributed by atoms with Gasteiger partial charge in [-0.05, 0) is 50.7 Å². The van der Waals surface area contributed by atoms with Crippen LogP contribution >= 0.6 is 23.4 Å². The Morgan fingerprint density at radius 3 is 2.52 bits per heavy atom. The number of nitrogens with zero attached hydrogens (tertiary/aromatic N) is 2. The van der Waals surface area contributed by atoms with Crippen LogP contribution in [0.3, 0.4) is 0 Å². The number of hydrogen-bond donors (Lipinski definition) is 1. The quantitative estimate of drug-likeness (QED) is 0.873. The summed E-state index contributed by atoms with van der Waals surface area (Å²) < 4.78 is 0. The minimum absolute atomic E-state index is 0.0954. The van der Waals surface area contributed by atoms with Crippen LogP contribution in [0.5, 0.6) is 0 Å². The fourth-order valence-corrected chi connectivity index (χ4v) is 2.42. The number of benzene rings is 1. The molecule has 0 spiro atoms. The van der Waals surface area contributed by atoms with Gasteiger partial charge in [-0.25, -0.2) is 9.97 Å². The molecular weight excluding hydrogens is 306 g/mol. The van der Waals surface area contributed by atoms with Crippen LogP contribution < -0.4 is 5.32 Å². The number of carbonyl (C=O) groups excluding carboxylic acids is 1. The molecule has 1 amide bonds. The third kappa shape index (κ3) is 5.02. The van der Waals surface area contributed by atoms with E-state index >= 15 is 0 Å². The van der Waals surface area contributed by atoms with Crippen molar-refractivity contribution in [3.05, 3.63) is 47.2 Å². The molecule has 1 heterocycles. The van der Waals surface area contributed by atoms with Gasteiger partial charge in [0.15, 0.2) is 5.16 Å². The summed E-state index contributed by atoms with van der Waals surface area (Å²) >= 11 is 7.14. The van der Waals surface area contributed by atoms with E-state index in [4.69, 9.17) is 11.6 Å². The van der Waals surface area contributed by atoms with Crippen LogP contribution in [0.25, 0.3) is 0 Å². The van der Waals surface area contributed by atoms with Gasteiger partial charge in [0, 0.05) is 16.0 Å². The van der Waals surface area contributed by atoms with Crippen molar-refractivity contribution < 1.29 is 4.79 Å². The first-order chi connectivity index (χ1) is 9.83. The lowest BCUT2D eigenvalue weighted by Gasteiger charge is -2.20. The van der Waals surface area contributed by atoms with Crippen molar-refractivity contribution in [3.63, 3.8) is 0 Å². The van der Waals surface area contributed by atoms with Gasteiger partial charge >= 0.3 is 0 Å². The molecule has 0 fully saturated rings. The third-order valence-electron chi connectivity index (χ3n) is 2.39. The molecule has 0 bridgehead atoms. The maximum Gasteiger partial charge on any atom is 0.251 e. The Labute approximate surface area is 133 Å².